The Bertz CT molecular complexity index is 623. The highest BCUT2D eigenvalue weighted by Crippen LogP contribution is 2.18. The van der Waals surface area contributed by atoms with Gasteiger partial charge in [0, 0.05) is 19.0 Å². The van der Waals surface area contributed by atoms with Crippen LogP contribution in [0.3, 0.4) is 0 Å². The zero-order valence-corrected chi connectivity index (χ0v) is 13.3. The van der Waals surface area contributed by atoms with Gasteiger partial charge in [-0.1, -0.05) is 19.0 Å². The van der Waals surface area contributed by atoms with E-state index in [1.54, 1.807) is 0 Å². The van der Waals surface area contributed by atoms with E-state index < -0.39 is 5.82 Å². The standard InChI is InChI=1S/C15H20FN5O2/c1-10(2)14-19-13(23-20-14)9-21-5-3-12(4-6-21)22-15-17-7-11(16)8-18-15/h7-8,10,12H,3-6,9H2,1-2H3. The van der Waals surface area contributed by atoms with Crippen molar-refractivity contribution >= 4 is 0 Å². The normalized spacial score (nSPS) is 16.9. The highest BCUT2D eigenvalue weighted by Gasteiger charge is 2.23. The summed E-state index contributed by atoms with van der Waals surface area (Å²) < 4.78 is 23.7. The molecule has 1 saturated heterocycles. The molecule has 0 N–H and O–H groups in total. The summed E-state index contributed by atoms with van der Waals surface area (Å²) in [5.41, 5.74) is 0. The number of nitrogens with zero attached hydrogens (tertiary/aromatic N) is 5. The Kier molecular flexibility index (Phi) is 4.80. The molecule has 0 spiro atoms. The van der Waals surface area contributed by atoms with Crippen LogP contribution in [-0.2, 0) is 6.54 Å². The van der Waals surface area contributed by atoms with Gasteiger partial charge in [-0.3, -0.25) is 4.90 Å². The number of likely N-dealkylation sites (tertiary alicyclic amines) is 1. The van der Waals surface area contributed by atoms with Crippen LogP contribution in [0.2, 0.25) is 0 Å². The van der Waals surface area contributed by atoms with E-state index in [0.717, 1.165) is 44.1 Å². The molecule has 0 saturated carbocycles. The quantitative estimate of drug-likeness (QED) is 0.835. The van der Waals surface area contributed by atoms with E-state index in [4.69, 9.17) is 9.26 Å². The summed E-state index contributed by atoms with van der Waals surface area (Å²) in [4.78, 5) is 14.3. The van der Waals surface area contributed by atoms with Gasteiger partial charge in [-0.05, 0) is 12.8 Å². The third kappa shape index (κ3) is 4.22. The lowest BCUT2D eigenvalue weighted by Crippen LogP contribution is -2.38. The lowest BCUT2D eigenvalue weighted by Gasteiger charge is -2.30. The maximum Gasteiger partial charge on any atom is 0.316 e. The summed E-state index contributed by atoms with van der Waals surface area (Å²) in [5, 5.41) is 3.97. The Labute approximate surface area is 133 Å². The summed E-state index contributed by atoms with van der Waals surface area (Å²) in [6.07, 6.45) is 3.97. The summed E-state index contributed by atoms with van der Waals surface area (Å²) in [6, 6.07) is 0.225. The van der Waals surface area contributed by atoms with Crippen molar-refractivity contribution in [3.63, 3.8) is 0 Å². The number of hydrogen-bond donors (Lipinski definition) is 0. The van der Waals surface area contributed by atoms with Crippen molar-refractivity contribution < 1.29 is 13.7 Å². The number of hydrogen-bond acceptors (Lipinski definition) is 7. The number of ether oxygens (including phenoxy) is 1. The van der Waals surface area contributed by atoms with Gasteiger partial charge in [0.15, 0.2) is 11.6 Å². The van der Waals surface area contributed by atoms with Crippen LogP contribution in [-0.4, -0.2) is 44.2 Å². The van der Waals surface area contributed by atoms with Crippen LogP contribution in [0.15, 0.2) is 16.9 Å². The third-order valence-electron chi connectivity index (χ3n) is 3.76. The summed E-state index contributed by atoms with van der Waals surface area (Å²) in [5.74, 6) is 1.19. The predicted octanol–water partition coefficient (Wildman–Crippen LogP) is 2.17. The van der Waals surface area contributed by atoms with E-state index in [2.05, 4.69) is 25.0 Å². The van der Waals surface area contributed by atoms with Crippen LogP contribution in [0.4, 0.5) is 4.39 Å². The van der Waals surface area contributed by atoms with Gasteiger partial charge in [-0.15, -0.1) is 0 Å². The van der Waals surface area contributed by atoms with Gasteiger partial charge in [-0.25, -0.2) is 14.4 Å². The first-order valence-corrected chi connectivity index (χ1v) is 7.79. The van der Waals surface area contributed by atoms with Gasteiger partial charge in [0.1, 0.15) is 6.10 Å². The fourth-order valence-electron chi connectivity index (χ4n) is 2.45. The topological polar surface area (TPSA) is 77.2 Å². The van der Waals surface area contributed by atoms with Crippen LogP contribution < -0.4 is 4.74 Å². The fourth-order valence-corrected chi connectivity index (χ4v) is 2.45. The van der Waals surface area contributed by atoms with Gasteiger partial charge in [-0.2, -0.15) is 4.98 Å². The average Bonchev–Trinajstić information content (AvgIpc) is 3.00. The zero-order chi connectivity index (χ0) is 16.2. The first-order valence-electron chi connectivity index (χ1n) is 7.79. The smallest absolute Gasteiger partial charge is 0.316 e. The fraction of sp³-hybridized carbons (Fsp3) is 0.600. The predicted molar refractivity (Wildman–Crippen MR) is 79.3 cm³/mol. The van der Waals surface area contributed by atoms with E-state index in [1.807, 2.05) is 13.8 Å². The summed E-state index contributed by atoms with van der Waals surface area (Å²) in [6.45, 7) is 6.46. The second-order valence-corrected chi connectivity index (χ2v) is 5.98. The zero-order valence-electron chi connectivity index (χ0n) is 13.3. The minimum absolute atomic E-state index is 0.0469. The molecule has 0 bridgehead atoms. The molecule has 0 aromatic carbocycles. The molecule has 1 aliphatic rings. The minimum atomic E-state index is -0.465. The van der Waals surface area contributed by atoms with E-state index >= 15 is 0 Å². The van der Waals surface area contributed by atoms with Crippen LogP contribution in [0.25, 0.3) is 0 Å². The molecule has 7 nitrogen and oxygen atoms in total. The molecule has 3 heterocycles. The Morgan fingerprint density at radius 1 is 1.30 bits per heavy atom. The Morgan fingerprint density at radius 3 is 2.61 bits per heavy atom. The number of halogens is 1. The summed E-state index contributed by atoms with van der Waals surface area (Å²) in [7, 11) is 0. The molecule has 1 aliphatic heterocycles. The highest BCUT2D eigenvalue weighted by atomic mass is 19.1. The second kappa shape index (κ2) is 6.99. The SMILES string of the molecule is CC(C)c1noc(CN2CCC(Oc3ncc(F)cn3)CC2)n1. The van der Waals surface area contributed by atoms with Crippen molar-refractivity contribution in [3.05, 3.63) is 29.9 Å². The molecular weight excluding hydrogens is 301 g/mol. The highest BCUT2D eigenvalue weighted by molar-refractivity contribution is 4.97. The monoisotopic (exact) mass is 321 g/mol. The van der Waals surface area contributed by atoms with Crippen LogP contribution >= 0.6 is 0 Å². The Hall–Kier alpha value is -2.09. The van der Waals surface area contributed by atoms with E-state index in [-0.39, 0.29) is 18.0 Å². The number of rotatable bonds is 5. The van der Waals surface area contributed by atoms with Crippen molar-refractivity contribution in [1.82, 2.24) is 25.0 Å². The second-order valence-electron chi connectivity index (χ2n) is 5.98. The lowest BCUT2D eigenvalue weighted by atomic mass is 10.1. The van der Waals surface area contributed by atoms with Crippen LogP contribution in [0.1, 0.15) is 44.3 Å². The average molecular weight is 321 g/mol. The molecule has 2 aromatic rings. The first-order chi connectivity index (χ1) is 11.1. The maximum absolute atomic E-state index is 12.8. The van der Waals surface area contributed by atoms with Gasteiger partial charge >= 0.3 is 6.01 Å². The van der Waals surface area contributed by atoms with Crippen molar-refractivity contribution in [2.45, 2.75) is 45.3 Å². The Balaban J connectivity index is 1.47. The molecule has 0 amide bonds. The molecular formula is C15H20FN5O2. The maximum atomic E-state index is 12.8. The molecule has 0 radical (unpaired) electrons. The summed E-state index contributed by atoms with van der Waals surface area (Å²) >= 11 is 0. The minimum Gasteiger partial charge on any atom is -0.460 e. The third-order valence-corrected chi connectivity index (χ3v) is 3.76. The van der Waals surface area contributed by atoms with Crippen molar-refractivity contribution in [2.24, 2.45) is 0 Å². The van der Waals surface area contributed by atoms with E-state index in [9.17, 15) is 4.39 Å². The van der Waals surface area contributed by atoms with Crippen LogP contribution in [0, 0.1) is 5.82 Å². The van der Waals surface area contributed by atoms with E-state index in [0.29, 0.717) is 12.4 Å². The molecule has 124 valence electrons. The molecule has 2 aromatic heterocycles. The Morgan fingerprint density at radius 2 is 2.00 bits per heavy atom. The molecule has 0 unspecified atom stereocenters. The molecule has 0 aliphatic carbocycles. The van der Waals surface area contributed by atoms with Crippen molar-refractivity contribution in [1.29, 1.82) is 0 Å². The molecule has 23 heavy (non-hydrogen) atoms. The van der Waals surface area contributed by atoms with Gasteiger partial charge < -0.3 is 9.26 Å². The first kappa shape index (κ1) is 15.8. The lowest BCUT2D eigenvalue weighted by molar-refractivity contribution is 0.0833. The molecule has 8 heteroatoms. The van der Waals surface area contributed by atoms with E-state index in [1.165, 1.54) is 0 Å². The van der Waals surface area contributed by atoms with Crippen LogP contribution in [0.5, 0.6) is 6.01 Å². The van der Waals surface area contributed by atoms with Gasteiger partial charge in [0.2, 0.25) is 5.89 Å². The largest absolute Gasteiger partial charge is 0.460 e. The molecule has 0 atom stereocenters. The molecule has 3 rings (SSSR count). The van der Waals surface area contributed by atoms with Gasteiger partial charge in [0.25, 0.3) is 0 Å². The number of aromatic nitrogens is 4. The van der Waals surface area contributed by atoms with Crippen molar-refractivity contribution in [2.75, 3.05) is 13.1 Å². The number of piperidine rings is 1. The van der Waals surface area contributed by atoms with Gasteiger partial charge in [0.05, 0.1) is 18.9 Å². The van der Waals surface area contributed by atoms with Crippen molar-refractivity contribution in [3.8, 4) is 6.01 Å². The molecule has 1 fully saturated rings.